The highest BCUT2D eigenvalue weighted by molar-refractivity contribution is 7.98. The second-order valence-corrected chi connectivity index (χ2v) is 7.80. The van der Waals surface area contributed by atoms with Crippen LogP contribution in [0.5, 0.6) is 0 Å². The van der Waals surface area contributed by atoms with Crippen LogP contribution in [0, 0.1) is 11.3 Å². The minimum atomic E-state index is -0.215. The lowest BCUT2D eigenvalue weighted by molar-refractivity contribution is 0.949. The summed E-state index contributed by atoms with van der Waals surface area (Å²) in [6, 6.07) is 8.17. The average Bonchev–Trinajstić information content (AvgIpc) is 3.22. The SMILES string of the molecule is CSc1cc(Nc2nccc(N=C(N)C(C)C(C)=N)n2)cc(N2CCCC2)c1. The maximum atomic E-state index is 7.70. The molecule has 2 aromatic rings. The molecule has 1 aromatic heterocycles. The Morgan fingerprint density at radius 1 is 1.32 bits per heavy atom. The molecule has 3 rings (SSSR count). The summed E-state index contributed by atoms with van der Waals surface area (Å²) in [6.07, 6.45) is 6.21. The molecule has 1 fully saturated rings. The van der Waals surface area contributed by atoms with Gasteiger partial charge in [-0.15, -0.1) is 11.8 Å². The molecule has 0 saturated carbocycles. The van der Waals surface area contributed by atoms with E-state index in [-0.39, 0.29) is 5.92 Å². The minimum Gasteiger partial charge on any atom is -0.387 e. The highest BCUT2D eigenvalue weighted by Gasteiger charge is 2.14. The molecule has 0 aliphatic carbocycles. The molecule has 1 aromatic carbocycles. The van der Waals surface area contributed by atoms with Gasteiger partial charge in [0.15, 0.2) is 5.82 Å². The third-order valence-corrected chi connectivity index (χ3v) is 5.54. The molecular weight excluding hydrogens is 370 g/mol. The van der Waals surface area contributed by atoms with Gasteiger partial charge in [-0.25, -0.2) is 9.98 Å². The Hall–Kier alpha value is -2.61. The van der Waals surface area contributed by atoms with Crippen molar-refractivity contribution in [3.63, 3.8) is 0 Å². The normalized spacial score (nSPS) is 15.5. The fourth-order valence-corrected chi connectivity index (χ4v) is 3.47. The van der Waals surface area contributed by atoms with E-state index in [0.717, 1.165) is 18.8 Å². The maximum absolute atomic E-state index is 7.70. The van der Waals surface area contributed by atoms with E-state index in [4.69, 9.17) is 11.1 Å². The van der Waals surface area contributed by atoms with E-state index in [2.05, 4.69) is 49.6 Å². The van der Waals surface area contributed by atoms with Crippen molar-refractivity contribution in [2.45, 2.75) is 31.6 Å². The van der Waals surface area contributed by atoms with Crippen molar-refractivity contribution in [1.29, 1.82) is 5.41 Å². The van der Waals surface area contributed by atoms with Gasteiger partial charge in [0.2, 0.25) is 5.95 Å². The van der Waals surface area contributed by atoms with Crippen LogP contribution in [0.25, 0.3) is 0 Å². The van der Waals surface area contributed by atoms with E-state index in [0.29, 0.717) is 23.3 Å². The number of anilines is 3. The summed E-state index contributed by atoms with van der Waals surface area (Å²) in [5, 5.41) is 11.0. The van der Waals surface area contributed by atoms with Gasteiger partial charge in [-0.2, -0.15) is 4.98 Å². The van der Waals surface area contributed by atoms with Gasteiger partial charge in [0, 0.05) is 47.3 Å². The highest BCUT2D eigenvalue weighted by Crippen LogP contribution is 2.30. The van der Waals surface area contributed by atoms with Gasteiger partial charge in [-0.1, -0.05) is 6.92 Å². The monoisotopic (exact) mass is 397 g/mol. The van der Waals surface area contributed by atoms with Crippen LogP contribution in [-0.4, -0.2) is 40.9 Å². The zero-order valence-electron chi connectivity index (χ0n) is 16.6. The Bertz CT molecular complexity index is 875. The molecule has 8 heteroatoms. The van der Waals surface area contributed by atoms with Crippen LogP contribution in [0.1, 0.15) is 26.7 Å². The van der Waals surface area contributed by atoms with E-state index in [1.165, 1.54) is 23.4 Å². The van der Waals surface area contributed by atoms with Crippen LogP contribution in [0.3, 0.4) is 0 Å². The number of aliphatic imine (C=N–C) groups is 1. The fraction of sp³-hybridized carbons (Fsp3) is 0.400. The van der Waals surface area contributed by atoms with Gasteiger partial charge >= 0.3 is 0 Å². The van der Waals surface area contributed by atoms with E-state index < -0.39 is 0 Å². The van der Waals surface area contributed by atoms with E-state index in [1.54, 1.807) is 30.9 Å². The molecule has 1 unspecified atom stereocenters. The first kappa shape index (κ1) is 20.1. The number of nitrogens with zero attached hydrogens (tertiary/aromatic N) is 4. The molecule has 0 spiro atoms. The predicted molar refractivity (Wildman–Crippen MR) is 119 cm³/mol. The lowest BCUT2D eigenvalue weighted by Gasteiger charge is -2.20. The Kier molecular flexibility index (Phi) is 6.51. The third kappa shape index (κ3) is 5.01. The van der Waals surface area contributed by atoms with Gasteiger partial charge in [0.05, 0.1) is 5.92 Å². The second-order valence-electron chi connectivity index (χ2n) is 6.92. The van der Waals surface area contributed by atoms with Crippen molar-refractivity contribution >= 4 is 46.5 Å². The molecule has 0 amide bonds. The summed E-state index contributed by atoms with van der Waals surface area (Å²) >= 11 is 1.72. The number of amidine groups is 1. The number of benzene rings is 1. The molecule has 0 bridgehead atoms. The highest BCUT2D eigenvalue weighted by atomic mass is 32.2. The average molecular weight is 398 g/mol. The lowest BCUT2D eigenvalue weighted by Crippen LogP contribution is -2.26. The van der Waals surface area contributed by atoms with Crippen molar-refractivity contribution in [3.8, 4) is 0 Å². The summed E-state index contributed by atoms with van der Waals surface area (Å²) in [6.45, 7) is 5.77. The van der Waals surface area contributed by atoms with Crippen molar-refractivity contribution in [2.75, 3.05) is 29.6 Å². The first-order valence-corrected chi connectivity index (χ1v) is 10.6. The minimum absolute atomic E-state index is 0.215. The van der Waals surface area contributed by atoms with Crippen molar-refractivity contribution in [1.82, 2.24) is 9.97 Å². The third-order valence-electron chi connectivity index (χ3n) is 4.83. The molecule has 1 atom stereocenters. The summed E-state index contributed by atoms with van der Waals surface area (Å²) in [5.41, 5.74) is 8.64. The summed E-state index contributed by atoms with van der Waals surface area (Å²) in [5.74, 6) is 1.10. The summed E-state index contributed by atoms with van der Waals surface area (Å²) in [4.78, 5) is 16.7. The molecule has 1 aliphatic rings. The smallest absolute Gasteiger partial charge is 0.229 e. The number of nitrogens with one attached hydrogen (secondary N) is 2. The van der Waals surface area contributed by atoms with E-state index in [9.17, 15) is 0 Å². The van der Waals surface area contributed by atoms with Crippen LogP contribution in [0.15, 0.2) is 40.4 Å². The number of nitrogens with two attached hydrogens (primary N) is 1. The van der Waals surface area contributed by atoms with E-state index in [1.807, 2.05) is 6.92 Å². The van der Waals surface area contributed by atoms with Crippen molar-refractivity contribution in [2.24, 2.45) is 16.6 Å². The molecule has 2 heterocycles. The Labute approximate surface area is 170 Å². The van der Waals surface area contributed by atoms with Gasteiger partial charge < -0.3 is 21.4 Å². The second kappa shape index (κ2) is 9.05. The van der Waals surface area contributed by atoms with Crippen LogP contribution in [-0.2, 0) is 0 Å². The number of hydrogen-bond donors (Lipinski definition) is 3. The largest absolute Gasteiger partial charge is 0.387 e. The summed E-state index contributed by atoms with van der Waals surface area (Å²) < 4.78 is 0. The van der Waals surface area contributed by atoms with Crippen LogP contribution in [0.2, 0.25) is 0 Å². The number of aromatic nitrogens is 2. The molecule has 28 heavy (non-hydrogen) atoms. The van der Waals surface area contributed by atoms with Crippen LogP contribution in [0.4, 0.5) is 23.1 Å². The lowest BCUT2D eigenvalue weighted by atomic mass is 10.1. The quantitative estimate of drug-likeness (QED) is 0.367. The van der Waals surface area contributed by atoms with Gasteiger partial charge in [0.25, 0.3) is 0 Å². The number of hydrogen-bond acceptors (Lipinski definition) is 7. The summed E-state index contributed by atoms with van der Waals surface area (Å²) in [7, 11) is 0. The maximum Gasteiger partial charge on any atom is 0.229 e. The zero-order valence-corrected chi connectivity index (χ0v) is 17.4. The first-order chi connectivity index (χ1) is 13.5. The number of thioether (sulfide) groups is 1. The first-order valence-electron chi connectivity index (χ1n) is 9.39. The Morgan fingerprint density at radius 3 is 2.75 bits per heavy atom. The molecule has 1 aliphatic heterocycles. The molecule has 1 saturated heterocycles. The molecule has 4 N–H and O–H groups in total. The number of rotatable bonds is 7. The molecule has 7 nitrogen and oxygen atoms in total. The zero-order chi connectivity index (χ0) is 20.1. The van der Waals surface area contributed by atoms with Gasteiger partial charge in [0.1, 0.15) is 5.84 Å². The Balaban J connectivity index is 1.83. The molecule has 148 valence electrons. The van der Waals surface area contributed by atoms with E-state index >= 15 is 0 Å². The standard InChI is InChI=1S/C20H27N7S/c1-13(14(2)21)19(22)25-18-6-7-23-20(26-18)24-15-10-16(12-17(11-15)28-3)27-8-4-5-9-27/h6-7,10-13,21H,4-5,8-9H2,1-3H3,(H3,22,23,24,25,26). The predicted octanol–water partition coefficient (Wildman–Crippen LogP) is 4.21. The van der Waals surface area contributed by atoms with Gasteiger partial charge in [-0.3, -0.25) is 0 Å². The molecule has 0 radical (unpaired) electrons. The topological polar surface area (TPSA) is 103 Å². The van der Waals surface area contributed by atoms with Crippen LogP contribution >= 0.6 is 11.8 Å². The van der Waals surface area contributed by atoms with Crippen molar-refractivity contribution in [3.05, 3.63) is 30.5 Å². The fourth-order valence-electron chi connectivity index (χ4n) is 2.98. The Morgan fingerprint density at radius 2 is 2.07 bits per heavy atom. The van der Waals surface area contributed by atoms with Crippen molar-refractivity contribution < 1.29 is 0 Å². The molecular formula is C20H27N7S. The van der Waals surface area contributed by atoms with Gasteiger partial charge in [-0.05, 0) is 44.2 Å². The van der Waals surface area contributed by atoms with Crippen LogP contribution < -0.4 is 16.0 Å².